The maximum atomic E-state index is 10.9. The minimum atomic E-state index is -3.84. The van der Waals surface area contributed by atoms with Crippen LogP contribution in [0.4, 0.5) is 0 Å². The van der Waals surface area contributed by atoms with Gasteiger partial charge in [0.1, 0.15) is 0 Å². The normalized spacial score (nSPS) is 10.5. The maximum Gasteiger partial charge on any atom is 0.333 e. The number of unbranched alkanes of at least 4 members (excludes halogenated alkanes) is 3. The fourth-order valence-corrected chi connectivity index (χ4v) is 1.60. The molecule has 0 heterocycles. The van der Waals surface area contributed by atoms with Crippen molar-refractivity contribution in [2.75, 3.05) is 12.4 Å². The number of carbonyl (C=O) groups excluding carboxylic acids is 1. The molecule has 0 aromatic rings. The van der Waals surface area contributed by atoms with Gasteiger partial charge in [-0.15, -0.1) is 0 Å². The number of hydrogen-bond acceptors (Lipinski definition) is 4. The second-order valence-electron chi connectivity index (χ2n) is 3.62. The summed E-state index contributed by atoms with van der Waals surface area (Å²) in [5, 5.41) is 0. The van der Waals surface area contributed by atoms with Crippen molar-refractivity contribution in [3.05, 3.63) is 12.2 Å². The first-order valence-corrected chi connectivity index (χ1v) is 6.71. The molecule has 1 radical (unpaired) electrons. The maximum absolute atomic E-state index is 10.9. The molecule has 0 aliphatic rings. The standard InChI is InChI=1S/C10H18O5S.Na/c1-9(2)10(11)15-7-5-3-4-6-8-16(12,13)14;/h1,3-8H2,2H3,(H,12,13,14);. The molecule has 0 rings (SSSR count). The summed E-state index contributed by atoms with van der Waals surface area (Å²) in [6.07, 6.45) is 2.56. The second-order valence-corrected chi connectivity index (χ2v) is 5.19. The Morgan fingerprint density at radius 3 is 2.24 bits per heavy atom. The van der Waals surface area contributed by atoms with Crippen molar-refractivity contribution in [1.29, 1.82) is 0 Å². The summed E-state index contributed by atoms with van der Waals surface area (Å²) in [5.74, 6) is -0.614. The molecule has 7 heteroatoms. The Hall–Kier alpha value is 0.120. The molecular formula is C10H18NaO5S. The van der Waals surface area contributed by atoms with Crippen molar-refractivity contribution in [2.45, 2.75) is 32.6 Å². The smallest absolute Gasteiger partial charge is 0.333 e. The molecule has 0 amide bonds. The van der Waals surface area contributed by atoms with Crippen LogP contribution in [-0.2, 0) is 19.6 Å². The van der Waals surface area contributed by atoms with Gasteiger partial charge in [0, 0.05) is 35.1 Å². The Balaban J connectivity index is 0. The summed E-state index contributed by atoms with van der Waals surface area (Å²) in [5.41, 5.74) is 0.367. The molecular weight excluding hydrogens is 255 g/mol. The summed E-state index contributed by atoms with van der Waals surface area (Å²) < 4.78 is 34.0. The average Bonchev–Trinajstić information content (AvgIpc) is 2.14. The average molecular weight is 273 g/mol. The Morgan fingerprint density at radius 2 is 1.76 bits per heavy atom. The van der Waals surface area contributed by atoms with Crippen LogP contribution >= 0.6 is 0 Å². The topological polar surface area (TPSA) is 80.7 Å². The summed E-state index contributed by atoms with van der Waals surface area (Å²) in [6.45, 7) is 5.34. The first-order valence-electron chi connectivity index (χ1n) is 5.11. The molecule has 17 heavy (non-hydrogen) atoms. The van der Waals surface area contributed by atoms with Gasteiger partial charge in [0.05, 0.1) is 12.4 Å². The Labute approximate surface area is 125 Å². The molecule has 0 aromatic heterocycles. The van der Waals surface area contributed by atoms with Gasteiger partial charge >= 0.3 is 5.97 Å². The fraction of sp³-hybridized carbons (Fsp3) is 0.700. The van der Waals surface area contributed by atoms with Gasteiger partial charge in [-0.1, -0.05) is 19.4 Å². The molecule has 0 spiro atoms. The summed E-state index contributed by atoms with van der Waals surface area (Å²) in [6, 6.07) is 0. The number of ether oxygens (including phenoxy) is 1. The molecule has 0 atom stereocenters. The van der Waals surface area contributed by atoms with E-state index >= 15 is 0 Å². The monoisotopic (exact) mass is 273 g/mol. The van der Waals surface area contributed by atoms with Gasteiger partial charge < -0.3 is 4.74 Å². The molecule has 0 aliphatic carbocycles. The van der Waals surface area contributed by atoms with E-state index in [1.807, 2.05) is 0 Å². The van der Waals surface area contributed by atoms with Crippen LogP contribution in [0.1, 0.15) is 32.6 Å². The second kappa shape index (κ2) is 10.1. The van der Waals surface area contributed by atoms with Crippen LogP contribution in [0.5, 0.6) is 0 Å². The molecule has 0 aliphatic heterocycles. The number of hydrogen-bond donors (Lipinski definition) is 1. The predicted octanol–water partition coefficient (Wildman–Crippen LogP) is 1.17. The third-order valence-corrected chi connectivity index (χ3v) is 2.68. The van der Waals surface area contributed by atoms with E-state index < -0.39 is 16.1 Å². The van der Waals surface area contributed by atoms with Gasteiger partial charge in [0.25, 0.3) is 10.1 Å². The number of rotatable bonds is 8. The van der Waals surface area contributed by atoms with Crippen molar-refractivity contribution in [3.8, 4) is 0 Å². The van der Waals surface area contributed by atoms with Gasteiger partial charge in [-0.3, -0.25) is 4.55 Å². The van der Waals surface area contributed by atoms with Crippen molar-refractivity contribution in [2.24, 2.45) is 0 Å². The van der Waals surface area contributed by atoms with Crippen LogP contribution in [0.2, 0.25) is 0 Å². The fourth-order valence-electron chi connectivity index (χ4n) is 1.03. The van der Waals surface area contributed by atoms with E-state index in [1.54, 1.807) is 6.92 Å². The Kier molecular flexibility index (Phi) is 11.5. The number of carbonyl (C=O) groups is 1. The van der Waals surface area contributed by atoms with Crippen LogP contribution < -0.4 is 0 Å². The molecule has 0 fully saturated rings. The van der Waals surface area contributed by atoms with E-state index in [4.69, 9.17) is 9.29 Å². The largest absolute Gasteiger partial charge is 0.462 e. The molecule has 0 aromatic carbocycles. The molecule has 0 saturated carbocycles. The van der Waals surface area contributed by atoms with Gasteiger partial charge in [-0.2, -0.15) is 8.42 Å². The van der Waals surface area contributed by atoms with E-state index in [2.05, 4.69) is 6.58 Å². The van der Waals surface area contributed by atoms with Crippen molar-refractivity contribution in [3.63, 3.8) is 0 Å². The van der Waals surface area contributed by atoms with Crippen LogP contribution in [0.15, 0.2) is 12.2 Å². The Bertz CT molecular complexity index is 337. The summed E-state index contributed by atoms with van der Waals surface area (Å²) >= 11 is 0. The van der Waals surface area contributed by atoms with E-state index in [0.29, 0.717) is 31.4 Å². The third-order valence-electron chi connectivity index (χ3n) is 1.88. The predicted molar refractivity (Wildman–Crippen MR) is 66.4 cm³/mol. The van der Waals surface area contributed by atoms with Crippen LogP contribution in [0, 0.1) is 0 Å². The van der Waals surface area contributed by atoms with Crippen molar-refractivity contribution in [1.82, 2.24) is 0 Å². The molecule has 1 N–H and O–H groups in total. The van der Waals surface area contributed by atoms with Crippen LogP contribution in [0.25, 0.3) is 0 Å². The molecule has 0 saturated heterocycles. The van der Waals surface area contributed by atoms with Crippen LogP contribution in [-0.4, -0.2) is 60.9 Å². The minimum absolute atomic E-state index is 0. The SMILES string of the molecule is C=C(C)C(=O)OCCCCCCS(=O)(=O)O.[Na]. The summed E-state index contributed by atoms with van der Waals surface area (Å²) in [4.78, 5) is 10.9. The minimum Gasteiger partial charge on any atom is -0.462 e. The first-order chi connectivity index (χ1) is 7.33. The van der Waals surface area contributed by atoms with Crippen LogP contribution in [0.3, 0.4) is 0 Å². The van der Waals surface area contributed by atoms with E-state index in [-0.39, 0.29) is 35.3 Å². The van der Waals surface area contributed by atoms with Gasteiger partial charge in [-0.05, 0) is 19.8 Å². The molecule has 0 unspecified atom stereocenters. The van der Waals surface area contributed by atoms with Gasteiger partial charge in [0.2, 0.25) is 0 Å². The zero-order chi connectivity index (χ0) is 12.6. The zero-order valence-electron chi connectivity index (χ0n) is 10.4. The van der Waals surface area contributed by atoms with Gasteiger partial charge in [-0.25, -0.2) is 4.79 Å². The first kappa shape index (κ1) is 19.5. The van der Waals surface area contributed by atoms with Gasteiger partial charge in [0.15, 0.2) is 0 Å². The van der Waals surface area contributed by atoms with E-state index in [0.717, 1.165) is 6.42 Å². The molecule has 0 bridgehead atoms. The number of esters is 1. The third kappa shape index (κ3) is 14.1. The molecule has 95 valence electrons. The Morgan fingerprint density at radius 1 is 1.24 bits per heavy atom. The summed E-state index contributed by atoms with van der Waals surface area (Å²) in [7, 11) is -3.84. The molecule has 5 nitrogen and oxygen atoms in total. The van der Waals surface area contributed by atoms with Crippen molar-refractivity contribution < 1.29 is 22.5 Å². The van der Waals surface area contributed by atoms with E-state index in [1.165, 1.54) is 0 Å². The van der Waals surface area contributed by atoms with E-state index in [9.17, 15) is 13.2 Å². The zero-order valence-corrected chi connectivity index (χ0v) is 13.3. The van der Waals surface area contributed by atoms with Crippen molar-refractivity contribution >= 4 is 45.6 Å². The quantitative estimate of drug-likeness (QED) is 0.236.